The Balaban J connectivity index is 2.43. The molecule has 0 heterocycles. The number of benzene rings is 2. The van der Waals surface area contributed by atoms with Gasteiger partial charge in [0.05, 0.1) is 10.6 Å². The fourth-order valence-electron chi connectivity index (χ4n) is 1.83. The topological polar surface area (TPSA) is 72.2 Å². The minimum Gasteiger partial charge on any atom is -0.326 e. The summed E-state index contributed by atoms with van der Waals surface area (Å²) in [6.07, 6.45) is 0. The maximum Gasteiger partial charge on any atom is 0.262 e. The Morgan fingerprint density at radius 2 is 1.95 bits per heavy atom. The van der Waals surface area contributed by atoms with Crippen LogP contribution in [0.2, 0.25) is 5.02 Å². The zero-order valence-corrected chi connectivity index (χ0v) is 15.0. The number of nitrogens with two attached hydrogens (primary N) is 1. The van der Waals surface area contributed by atoms with Gasteiger partial charge in [-0.25, -0.2) is 8.42 Å². The van der Waals surface area contributed by atoms with E-state index in [0.717, 1.165) is 9.13 Å². The molecular formula is C14H14ClIN2O2S. The summed E-state index contributed by atoms with van der Waals surface area (Å²) in [4.78, 5) is 0.233. The van der Waals surface area contributed by atoms with Crippen molar-refractivity contribution in [1.29, 1.82) is 0 Å². The van der Waals surface area contributed by atoms with Gasteiger partial charge in [0.25, 0.3) is 10.0 Å². The Morgan fingerprint density at radius 1 is 1.24 bits per heavy atom. The van der Waals surface area contributed by atoms with Crippen molar-refractivity contribution in [1.82, 2.24) is 0 Å². The molecule has 0 atom stereocenters. The van der Waals surface area contributed by atoms with Crippen molar-refractivity contribution in [2.45, 2.75) is 18.4 Å². The van der Waals surface area contributed by atoms with Gasteiger partial charge in [-0.1, -0.05) is 23.7 Å². The predicted molar refractivity (Wildman–Crippen MR) is 94.0 cm³/mol. The third-order valence-electron chi connectivity index (χ3n) is 2.95. The van der Waals surface area contributed by atoms with Crippen LogP contribution < -0.4 is 10.5 Å². The van der Waals surface area contributed by atoms with Crippen LogP contribution in [0.25, 0.3) is 0 Å². The van der Waals surface area contributed by atoms with Gasteiger partial charge in [0.2, 0.25) is 0 Å². The van der Waals surface area contributed by atoms with E-state index in [-0.39, 0.29) is 4.90 Å². The average molecular weight is 437 g/mol. The van der Waals surface area contributed by atoms with E-state index in [2.05, 4.69) is 4.72 Å². The highest BCUT2D eigenvalue weighted by Gasteiger charge is 2.18. The van der Waals surface area contributed by atoms with Gasteiger partial charge < -0.3 is 5.73 Å². The predicted octanol–water partition coefficient (Wildman–Crippen LogP) is 3.51. The van der Waals surface area contributed by atoms with Gasteiger partial charge in [-0.2, -0.15) is 0 Å². The highest BCUT2D eigenvalue weighted by Crippen LogP contribution is 2.26. The van der Waals surface area contributed by atoms with Crippen LogP contribution in [0.5, 0.6) is 0 Å². The Bertz CT molecular complexity index is 779. The van der Waals surface area contributed by atoms with Crippen molar-refractivity contribution < 1.29 is 8.42 Å². The molecule has 0 fully saturated rings. The molecular weight excluding hydrogens is 423 g/mol. The fourth-order valence-corrected chi connectivity index (χ4v) is 4.40. The minimum atomic E-state index is -3.67. The van der Waals surface area contributed by atoms with Crippen LogP contribution in [0.1, 0.15) is 11.1 Å². The van der Waals surface area contributed by atoms with Crippen LogP contribution in [0.3, 0.4) is 0 Å². The smallest absolute Gasteiger partial charge is 0.262 e. The van der Waals surface area contributed by atoms with Crippen LogP contribution in [-0.4, -0.2) is 8.42 Å². The summed E-state index contributed by atoms with van der Waals surface area (Å²) >= 11 is 7.91. The number of sulfonamides is 1. The van der Waals surface area contributed by atoms with E-state index < -0.39 is 10.0 Å². The van der Waals surface area contributed by atoms with E-state index >= 15 is 0 Å². The number of aryl methyl sites for hydroxylation is 1. The van der Waals surface area contributed by atoms with Crippen molar-refractivity contribution in [2.75, 3.05) is 4.72 Å². The highest BCUT2D eigenvalue weighted by molar-refractivity contribution is 14.1. The summed E-state index contributed by atoms with van der Waals surface area (Å²) in [7, 11) is -3.67. The molecule has 2 aromatic rings. The summed E-state index contributed by atoms with van der Waals surface area (Å²) in [6.45, 7) is 2.04. The lowest BCUT2D eigenvalue weighted by Crippen LogP contribution is -2.15. The quantitative estimate of drug-likeness (QED) is 0.721. The first-order valence-electron chi connectivity index (χ1n) is 6.11. The summed E-state index contributed by atoms with van der Waals surface area (Å²) in [5.41, 5.74) is 7.51. The van der Waals surface area contributed by atoms with Gasteiger partial charge in [-0.3, -0.25) is 4.72 Å². The van der Waals surface area contributed by atoms with Gasteiger partial charge in [0.1, 0.15) is 0 Å². The molecule has 0 aliphatic rings. The molecule has 7 heteroatoms. The SMILES string of the molecule is Cc1ccc(CN)cc1S(=O)(=O)Nc1ccc(Cl)cc1I. The summed E-state index contributed by atoms with van der Waals surface area (Å²) in [5, 5.41) is 0.559. The largest absolute Gasteiger partial charge is 0.326 e. The lowest BCUT2D eigenvalue weighted by Gasteiger charge is -2.13. The summed E-state index contributed by atoms with van der Waals surface area (Å²) in [5.74, 6) is 0. The van der Waals surface area contributed by atoms with Crippen LogP contribution in [-0.2, 0) is 16.6 Å². The second-order valence-corrected chi connectivity index (χ2v) is 7.78. The fraction of sp³-hybridized carbons (Fsp3) is 0.143. The van der Waals surface area contributed by atoms with Crippen LogP contribution in [0.4, 0.5) is 5.69 Å². The van der Waals surface area contributed by atoms with Crippen LogP contribution in [0.15, 0.2) is 41.3 Å². The Kier molecular flexibility index (Phi) is 5.13. The number of hydrogen-bond donors (Lipinski definition) is 2. The number of rotatable bonds is 4. The number of hydrogen-bond acceptors (Lipinski definition) is 3. The Labute approximate surface area is 142 Å². The van der Waals surface area contributed by atoms with Gasteiger partial charge in [0, 0.05) is 15.1 Å². The van der Waals surface area contributed by atoms with Crippen LogP contribution >= 0.6 is 34.2 Å². The van der Waals surface area contributed by atoms with E-state index in [4.69, 9.17) is 17.3 Å². The van der Waals surface area contributed by atoms with Crippen LogP contribution in [0, 0.1) is 10.5 Å². The van der Waals surface area contributed by atoms with Crippen molar-refractivity contribution in [3.63, 3.8) is 0 Å². The van der Waals surface area contributed by atoms with Gasteiger partial charge in [-0.05, 0) is 64.9 Å². The van der Waals surface area contributed by atoms with Crippen molar-refractivity contribution in [3.05, 3.63) is 56.1 Å². The lowest BCUT2D eigenvalue weighted by molar-refractivity contribution is 0.600. The third kappa shape index (κ3) is 3.88. The molecule has 2 rings (SSSR count). The molecule has 4 nitrogen and oxygen atoms in total. The minimum absolute atomic E-state index is 0.233. The molecule has 0 amide bonds. The van der Waals surface area contributed by atoms with E-state index in [1.807, 2.05) is 28.7 Å². The molecule has 0 saturated carbocycles. The molecule has 112 valence electrons. The summed E-state index contributed by atoms with van der Waals surface area (Å²) in [6, 6.07) is 10.2. The number of halogens is 2. The Morgan fingerprint density at radius 3 is 2.57 bits per heavy atom. The van der Waals surface area contributed by atoms with Crippen molar-refractivity contribution in [2.24, 2.45) is 5.73 Å². The lowest BCUT2D eigenvalue weighted by atomic mass is 10.1. The molecule has 3 N–H and O–H groups in total. The maximum atomic E-state index is 12.5. The second kappa shape index (κ2) is 6.51. The average Bonchev–Trinajstić information content (AvgIpc) is 2.42. The van der Waals surface area contributed by atoms with Gasteiger partial charge in [0.15, 0.2) is 0 Å². The number of anilines is 1. The highest BCUT2D eigenvalue weighted by atomic mass is 127. The van der Waals surface area contributed by atoms with Crippen molar-refractivity contribution >= 4 is 49.9 Å². The normalized spacial score (nSPS) is 11.4. The molecule has 0 bridgehead atoms. The van der Waals surface area contributed by atoms with E-state index in [1.54, 1.807) is 37.3 Å². The first kappa shape index (κ1) is 16.5. The van der Waals surface area contributed by atoms with Gasteiger partial charge >= 0.3 is 0 Å². The van der Waals surface area contributed by atoms with Crippen molar-refractivity contribution in [3.8, 4) is 0 Å². The maximum absolute atomic E-state index is 12.5. The molecule has 0 aromatic heterocycles. The van der Waals surface area contributed by atoms with E-state index in [1.165, 1.54) is 0 Å². The molecule has 0 saturated heterocycles. The Hall–Kier alpha value is -0.830. The molecule has 0 radical (unpaired) electrons. The van der Waals surface area contributed by atoms with Gasteiger partial charge in [-0.15, -0.1) is 0 Å². The number of nitrogens with one attached hydrogen (secondary N) is 1. The van der Waals surface area contributed by atoms with E-state index in [9.17, 15) is 8.42 Å². The molecule has 0 unspecified atom stereocenters. The van der Waals surface area contributed by atoms with E-state index in [0.29, 0.717) is 22.8 Å². The molecule has 0 spiro atoms. The molecule has 2 aromatic carbocycles. The standard InChI is InChI=1S/C14H14ClIN2O2S/c1-9-2-3-10(8-17)6-14(9)21(19,20)18-13-5-4-11(15)7-12(13)16/h2-7,18H,8,17H2,1H3. The third-order valence-corrected chi connectivity index (χ3v) is 5.59. The summed E-state index contributed by atoms with van der Waals surface area (Å²) < 4.78 is 28.4. The first-order chi connectivity index (χ1) is 9.83. The molecule has 0 aliphatic heterocycles. The zero-order chi connectivity index (χ0) is 15.6. The molecule has 0 aliphatic carbocycles. The monoisotopic (exact) mass is 436 g/mol. The first-order valence-corrected chi connectivity index (χ1v) is 9.05. The second-order valence-electron chi connectivity index (χ2n) is 4.53. The zero-order valence-electron chi connectivity index (χ0n) is 11.2. The molecule has 21 heavy (non-hydrogen) atoms.